The van der Waals surface area contributed by atoms with Crippen molar-refractivity contribution in [3.05, 3.63) is 29.8 Å². The average molecular weight is 275 g/mol. The SMILES string of the molecule is CCNC(c1ccc(OC)cc1)C1CCCCCCC1. The second-order valence-electron chi connectivity index (χ2n) is 5.91. The van der Waals surface area contributed by atoms with E-state index in [1.165, 1.54) is 50.5 Å². The van der Waals surface area contributed by atoms with Crippen LogP contribution < -0.4 is 10.1 Å². The molecular weight excluding hydrogens is 246 g/mol. The van der Waals surface area contributed by atoms with Crippen molar-refractivity contribution in [2.24, 2.45) is 5.92 Å². The van der Waals surface area contributed by atoms with E-state index < -0.39 is 0 Å². The van der Waals surface area contributed by atoms with Gasteiger partial charge in [-0.15, -0.1) is 0 Å². The lowest BCUT2D eigenvalue weighted by Crippen LogP contribution is -2.28. The van der Waals surface area contributed by atoms with Crippen LogP contribution >= 0.6 is 0 Å². The lowest BCUT2D eigenvalue weighted by Gasteiger charge is -2.30. The molecule has 112 valence electrons. The first-order valence-corrected chi connectivity index (χ1v) is 8.22. The average Bonchev–Trinajstić information content (AvgIpc) is 2.45. The van der Waals surface area contributed by atoms with Gasteiger partial charge in [0.2, 0.25) is 0 Å². The molecule has 1 aliphatic carbocycles. The zero-order valence-corrected chi connectivity index (χ0v) is 13.0. The fourth-order valence-electron chi connectivity index (χ4n) is 3.41. The van der Waals surface area contributed by atoms with Gasteiger partial charge in [0, 0.05) is 6.04 Å². The van der Waals surface area contributed by atoms with Crippen LogP contribution in [0.2, 0.25) is 0 Å². The van der Waals surface area contributed by atoms with Crippen molar-refractivity contribution in [1.29, 1.82) is 0 Å². The van der Waals surface area contributed by atoms with E-state index in [0.717, 1.165) is 18.2 Å². The lowest BCUT2D eigenvalue weighted by atomic mass is 9.83. The minimum atomic E-state index is 0.504. The summed E-state index contributed by atoms with van der Waals surface area (Å²) in [5.41, 5.74) is 1.42. The number of ether oxygens (including phenoxy) is 1. The molecule has 0 saturated heterocycles. The van der Waals surface area contributed by atoms with E-state index in [-0.39, 0.29) is 0 Å². The minimum Gasteiger partial charge on any atom is -0.497 e. The maximum absolute atomic E-state index is 5.27. The van der Waals surface area contributed by atoms with Gasteiger partial charge in [-0.25, -0.2) is 0 Å². The maximum atomic E-state index is 5.27. The number of methoxy groups -OCH3 is 1. The van der Waals surface area contributed by atoms with Crippen LogP contribution in [0.4, 0.5) is 0 Å². The zero-order valence-electron chi connectivity index (χ0n) is 13.0. The third-order valence-electron chi connectivity index (χ3n) is 4.52. The van der Waals surface area contributed by atoms with Gasteiger partial charge in [0.1, 0.15) is 5.75 Å². The largest absolute Gasteiger partial charge is 0.497 e. The van der Waals surface area contributed by atoms with Crippen molar-refractivity contribution >= 4 is 0 Å². The van der Waals surface area contributed by atoms with Gasteiger partial charge in [-0.3, -0.25) is 0 Å². The van der Waals surface area contributed by atoms with Gasteiger partial charge in [-0.2, -0.15) is 0 Å². The number of rotatable bonds is 5. The van der Waals surface area contributed by atoms with Crippen LogP contribution in [0.25, 0.3) is 0 Å². The summed E-state index contributed by atoms with van der Waals surface area (Å²) in [6.45, 7) is 3.24. The smallest absolute Gasteiger partial charge is 0.118 e. The third-order valence-corrected chi connectivity index (χ3v) is 4.52. The minimum absolute atomic E-state index is 0.504. The molecule has 1 atom stereocenters. The van der Waals surface area contributed by atoms with E-state index in [9.17, 15) is 0 Å². The van der Waals surface area contributed by atoms with E-state index in [0.29, 0.717) is 6.04 Å². The lowest BCUT2D eigenvalue weighted by molar-refractivity contribution is 0.291. The summed E-state index contributed by atoms with van der Waals surface area (Å²) in [7, 11) is 1.73. The van der Waals surface area contributed by atoms with Crippen LogP contribution in [-0.2, 0) is 0 Å². The summed E-state index contributed by atoms with van der Waals surface area (Å²) in [4.78, 5) is 0. The Morgan fingerprint density at radius 2 is 1.65 bits per heavy atom. The molecule has 1 aliphatic rings. The number of hydrogen-bond donors (Lipinski definition) is 1. The predicted octanol–water partition coefficient (Wildman–Crippen LogP) is 4.71. The first-order valence-electron chi connectivity index (χ1n) is 8.22. The first-order chi connectivity index (χ1) is 9.85. The van der Waals surface area contributed by atoms with E-state index >= 15 is 0 Å². The second-order valence-corrected chi connectivity index (χ2v) is 5.91. The van der Waals surface area contributed by atoms with Crippen molar-refractivity contribution in [2.45, 2.75) is 57.9 Å². The molecule has 0 spiro atoms. The maximum Gasteiger partial charge on any atom is 0.118 e. The van der Waals surface area contributed by atoms with Crippen LogP contribution in [0, 0.1) is 5.92 Å². The monoisotopic (exact) mass is 275 g/mol. The molecule has 0 heterocycles. The second kappa shape index (κ2) is 8.31. The van der Waals surface area contributed by atoms with Gasteiger partial charge < -0.3 is 10.1 Å². The molecule has 0 radical (unpaired) electrons. The topological polar surface area (TPSA) is 21.3 Å². The Hall–Kier alpha value is -1.02. The summed E-state index contributed by atoms with van der Waals surface area (Å²) in [5, 5.41) is 3.71. The highest BCUT2D eigenvalue weighted by Crippen LogP contribution is 2.33. The standard InChI is InChI=1S/C18H29NO/c1-3-19-18(15-9-7-5-4-6-8-10-15)16-11-13-17(20-2)14-12-16/h11-15,18-19H,3-10H2,1-2H3. The molecule has 0 aromatic heterocycles. The Kier molecular flexibility index (Phi) is 6.38. The van der Waals surface area contributed by atoms with Gasteiger partial charge >= 0.3 is 0 Å². The van der Waals surface area contributed by atoms with E-state index in [2.05, 4.69) is 36.5 Å². The van der Waals surface area contributed by atoms with Crippen LogP contribution in [0.3, 0.4) is 0 Å². The quantitative estimate of drug-likeness (QED) is 0.840. The molecule has 0 bridgehead atoms. The molecule has 2 heteroatoms. The molecule has 1 saturated carbocycles. The van der Waals surface area contributed by atoms with Crippen molar-refractivity contribution in [1.82, 2.24) is 5.32 Å². The fourth-order valence-corrected chi connectivity index (χ4v) is 3.41. The van der Waals surface area contributed by atoms with Crippen LogP contribution in [0.5, 0.6) is 5.75 Å². The highest BCUT2D eigenvalue weighted by molar-refractivity contribution is 5.29. The van der Waals surface area contributed by atoms with Crippen molar-refractivity contribution in [3.63, 3.8) is 0 Å². The normalized spacial score (nSPS) is 19.1. The van der Waals surface area contributed by atoms with Gasteiger partial charge in [0.05, 0.1) is 7.11 Å². The molecule has 1 unspecified atom stereocenters. The number of benzene rings is 1. The fraction of sp³-hybridized carbons (Fsp3) is 0.667. The third kappa shape index (κ3) is 4.24. The van der Waals surface area contributed by atoms with Crippen molar-refractivity contribution in [3.8, 4) is 5.75 Å². The number of hydrogen-bond acceptors (Lipinski definition) is 2. The molecule has 1 aromatic carbocycles. The van der Waals surface area contributed by atoms with Gasteiger partial charge in [-0.05, 0) is 43.0 Å². The number of nitrogens with one attached hydrogen (secondary N) is 1. The molecule has 20 heavy (non-hydrogen) atoms. The molecular formula is C18H29NO. The molecule has 1 N–H and O–H groups in total. The van der Waals surface area contributed by atoms with Crippen molar-refractivity contribution < 1.29 is 4.74 Å². The van der Waals surface area contributed by atoms with Gasteiger partial charge in [0.15, 0.2) is 0 Å². The predicted molar refractivity (Wildman–Crippen MR) is 85.2 cm³/mol. The molecule has 0 aliphatic heterocycles. The molecule has 2 rings (SSSR count). The zero-order chi connectivity index (χ0) is 14.2. The molecule has 1 aromatic rings. The highest BCUT2D eigenvalue weighted by Gasteiger charge is 2.22. The van der Waals surface area contributed by atoms with Gasteiger partial charge in [0.25, 0.3) is 0 Å². The van der Waals surface area contributed by atoms with Gasteiger partial charge in [-0.1, -0.05) is 51.2 Å². The summed E-state index contributed by atoms with van der Waals surface area (Å²) in [6, 6.07) is 9.13. The van der Waals surface area contributed by atoms with Crippen LogP contribution in [0.15, 0.2) is 24.3 Å². The summed E-state index contributed by atoms with van der Waals surface area (Å²) in [5.74, 6) is 1.73. The first kappa shape index (κ1) is 15.4. The Balaban J connectivity index is 2.10. The molecule has 1 fully saturated rings. The Morgan fingerprint density at radius 3 is 2.20 bits per heavy atom. The van der Waals surface area contributed by atoms with E-state index in [1.807, 2.05) is 0 Å². The highest BCUT2D eigenvalue weighted by atomic mass is 16.5. The Labute approximate surface area is 123 Å². The molecule has 0 amide bonds. The Morgan fingerprint density at radius 1 is 1.05 bits per heavy atom. The summed E-state index contributed by atoms with van der Waals surface area (Å²) < 4.78 is 5.27. The van der Waals surface area contributed by atoms with Crippen molar-refractivity contribution in [2.75, 3.05) is 13.7 Å². The van der Waals surface area contributed by atoms with E-state index in [1.54, 1.807) is 7.11 Å². The van der Waals surface area contributed by atoms with Crippen LogP contribution in [-0.4, -0.2) is 13.7 Å². The summed E-state index contributed by atoms with van der Waals surface area (Å²) >= 11 is 0. The molecule has 2 nitrogen and oxygen atoms in total. The van der Waals surface area contributed by atoms with E-state index in [4.69, 9.17) is 4.74 Å². The Bertz CT molecular complexity index is 366. The van der Waals surface area contributed by atoms with Crippen LogP contribution in [0.1, 0.15) is 63.5 Å². The summed E-state index contributed by atoms with van der Waals surface area (Å²) in [6.07, 6.45) is 9.77.